The molecule has 0 aliphatic carbocycles. The molecule has 0 aliphatic heterocycles. The number of benzene rings is 9. The van der Waals surface area contributed by atoms with Gasteiger partial charge < -0.3 is 13.9 Å². The first-order valence-electron chi connectivity index (χ1n) is 19.4. The Morgan fingerprint density at radius 1 is 0.298 bits per heavy atom. The van der Waals surface area contributed by atoms with Gasteiger partial charge in [-0.25, -0.2) is 0 Å². The van der Waals surface area contributed by atoms with Gasteiger partial charge in [0.15, 0.2) is 0 Å². The van der Waals surface area contributed by atoms with Crippen LogP contribution < -0.4 is 4.90 Å². The summed E-state index contributed by atoms with van der Waals surface area (Å²) >= 11 is 0. The van der Waals surface area contributed by atoms with Gasteiger partial charge in [-0.1, -0.05) is 127 Å². The minimum Gasteiger partial charge on any atom is -0.456 e. The van der Waals surface area contributed by atoms with E-state index in [0.29, 0.717) is 0 Å². The van der Waals surface area contributed by atoms with Gasteiger partial charge in [0.2, 0.25) is 0 Å². The van der Waals surface area contributed by atoms with E-state index in [0.717, 1.165) is 50.3 Å². The van der Waals surface area contributed by atoms with Crippen molar-refractivity contribution in [3.63, 3.8) is 0 Å². The molecular formula is C54H36N2O. The molecule has 3 nitrogen and oxygen atoms in total. The Labute approximate surface area is 330 Å². The Morgan fingerprint density at radius 3 is 1.32 bits per heavy atom. The molecule has 0 saturated heterocycles. The average molecular weight is 729 g/mol. The summed E-state index contributed by atoms with van der Waals surface area (Å²) in [6.07, 6.45) is 0. The highest BCUT2D eigenvalue weighted by atomic mass is 16.3. The topological polar surface area (TPSA) is 21.3 Å². The van der Waals surface area contributed by atoms with Gasteiger partial charge >= 0.3 is 0 Å². The van der Waals surface area contributed by atoms with Crippen LogP contribution in [-0.4, -0.2) is 4.57 Å². The molecule has 2 heterocycles. The molecule has 2 aromatic heterocycles. The molecule has 0 fully saturated rings. The SMILES string of the molecule is c1ccc(-c2cc(-c3ccccc3)cc(-c3ccc(N(c4ccc(-n5c6ccccc6c6ccccc65)cc4)c4ccc5c(c4)oc4ccccc45)cc3)c2)cc1. The first-order valence-corrected chi connectivity index (χ1v) is 19.4. The fourth-order valence-electron chi connectivity index (χ4n) is 8.44. The molecule has 0 spiro atoms. The quantitative estimate of drug-likeness (QED) is 0.163. The molecule has 0 N–H and O–H groups in total. The second-order valence-corrected chi connectivity index (χ2v) is 14.6. The van der Waals surface area contributed by atoms with Crippen molar-refractivity contribution in [2.75, 3.05) is 4.90 Å². The molecule has 0 bridgehead atoms. The van der Waals surface area contributed by atoms with Crippen LogP contribution in [0.5, 0.6) is 0 Å². The van der Waals surface area contributed by atoms with E-state index in [1.165, 1.54) is 49.6 Å². The highest BCUT2D eigenvalue weighted by molar-refractivity contribution is 6.09. The maximum Gasteiger partial charge on any atom is 0.137 e. The number of furan rings is 1. The number of hydrogen-bond acceptors (Lipinski definition) is 2. The molecule has 0 aliphatic rings. The number of aromatic nitrogens is 1. The number of para-hydroxylation sites is 3. The fourth-order valence-corrected chi connectivity index (χ4v) is 8.44. The Hall–Kier alpha value is -7.62. The van der Waals surface area contributed by atoms with Crippen molar-refractivity contribution in [3.05, 3.63) is 218 Å². The normalized spacial score (nSPS) is 11.5. The molecule has 3 heteroatoms. The second kappa shape index (κ2) is 13.6. The standard InChI is InChI=1S/C54H36N2O/c1-3-13-37(14-4-1)40-33-41(38-15-5-2-6-16-38)35-42(34-40)39-23-25-43(26-24-39)55(46-31-32-50-49-19-9-12-22-53(49)57-54(50)36-46)44-27-29-45(30-28-44)56-51-20-10-7-17-47(51)48-18-8-11-21-52(48)56/h1-36H. The summed E-state index contributed by atoms with van der Waals surface area (Å²) in [6.45, 7) is 0. The molecular weight excluding hydrogens is 693 g/mol. The van der Waals surface area contributed by atoms with E-state index in [4.69, 9.17) is 4.42 Å². The van der Waals surface area contributed by atoms with Crippen LogP contribution in [-0.2, 0) is 0 Å². The predicted molar refractivity (Wildman–Crippen MR) is 239 cm³/mol. The summed E-state index contributed by atoms with van der Waals surface area (Å²) in [5.74, 6) is 0. The van der Waals surface area contributed by atoms with Crippen LogP contribution in [0.15, 0.2) is 223 Å². The van der Waals surface area contributed by atoms with Crippen LogP contribution in [0, 0.1) is 0 Å². The zero-order valence-corrected chi connectivity index (χ0v) is 31.1. The maximum atomic E-state index is 6.41. The van der Waals surface area contributed by atoms with Crippen LogP contribution in [0.3, 0.4) is 0 Å². The van der Waals surface area contributed by atoms with Crippen LogP contribution in [0.25, 0.3) is 82.8 Å². The highest BCUT2D eigenvalue weighted by Crippen LogP contribution is 2.41. The van der Waals surface area contributed by atoms with Gasteiger partial charge in [0, 0.05) is 50.4 Å². The molecule has 268 valence electrons. The third kappa shape index (κ3) is 5.76. The van der Waals surface area contributed by atoms with Gasteiger partial charge in [-0.05, 0) is 118 Å². The highest BCUT2D eigenvalue weighted by Gasteiger charge is 2.18. The second-order valence-electron chi connectivity index (χ2n) is 14.6. The van der Waals surface area contributed by atoms with E-state index in [2.05, 4.69) is 216 Å². The van der Waals surface area contributed by atoms with Crippen molar-refractivity contribution >= 4 is 60.8 Å². The largest absolute Gasteiger partial charge is 0.456 e. The van der Waals surface area contributed by atoms with Gasteiger partial charge in [-0.2, -0.15) is 0 Å². The minimum absolute atomic E-state index is 0.864. The summed E-state index contributed by atoms with van der Waals surface area (Å²) in [5.41, 5.74) is 15.5. The summed E-state index contributed by atoms with van der Waals surface area (Å²) in [6, 6.07) is 78.2. The number of rotatable bonds is 7. The first-order chi connectivity index (χ1) is 28.2. The van der Waals surface area contributed by atoms with E-state index < -0.39 is 0 Å². The van der Waals surface area contributed by atoms with Crippen LogP contribution in [0.2, 0.25) is 0 Å². The van der Waals surface area contributed by atoms with E-state index in [9.17, 15) is 0 Å². The van der Waals surface area contributed by atoms with Gasteiger partial charge in [-0.15, -0.1) is 0 Å². The van der Waals surface area contributed by atoms with Gasteiger partial charge in [0.05, 0.1) is 11.0 Å². The lowest BCUT2D eigenvalue weighted by molar-refractivity contribution is 0.669. The smallest absolute Gasteiger partial charge is 0.137 e. The molecule has 0 amide bonds. The molecule has 0 saturated carbocycles. The Kier molecular flexibility index (Phi) is 7.82. The third-order valence-electron chi connectivity index (χ3n) is 11.2. The number of hydrogen-bond donors (Lipinski definition) is 0. The van der Waals surface area contributed by atoms with E-state index >= 15 is 0 Å². The van der Waals surface area contributed by atoms with Crippen molar-refractivity contribution in [2.45, 2.75) is 0 Å². The van der Waals surface area contributed by atoms with Crippen LogP contribution in [0.1, 0.15) is 0 Å². The fraction of sp³-hybridized carbons (Fsp3) is 0. The van der Waals surface area contributed by atoms with Crippen molar-refractivity contribution < 1.29 is 4.42 Å². The summed E-state index contributed by atoms with van der Waals surface area (Å²) in [7, 11) is 0. The van der Waals surface area contributed by atoms with Crippen LogP contribution >= 0.6 is 0 Å². The van der Waals surface area contributed by atoms with Gasteiger partial charge in [0.25, 0.3) is 0 Å². The van der Waals surface area contributed by atoms with E-state index in [-0.39, 0.29) is 0 Å². The average Bonchev–Trinajstić information content (AvgIpc) is 3.83. The zero-order valence-electron chi connectivity index (χ0n) is 31.1. The molecule has 57 heavy (non-hydrogen) atoms. The summed E-state index contributed by atoms with van der Waals surface area (Å²) in [4.78, 5) is 2.32. The Bertz CT molecular complexity index is 3100. The van der Waals surface area contributed by atoms with Crippen molar-refractivity contribution in [2.24, 2.45) is 0 Å². The van der Waals surface area contributed by atoms with Gasteiger partial charge in [-0.3, -0.25) is 0 Å². The molecule has 0 atom stereocenters. The maximum absolute atomic E-state index is 6.41. The number of anilines is 3. The predicted octanol–water partition coefficient (Wildman–Crippen LogP) is 15.2. The van der Waals surface area contributed by atoms with Crippen molar-refractivity contribution in [1.82, 2.24) is 4.57 Å². The molecule has 11 rings (SSSR count). The van der Waals surface area contributed by atoms with Crippen LogP contribution in [0.4, 0.5) is 17.1 Å². The molecule has 0 radical (unpaired) electrons. The van der Waals surface area contributed by atoms with E-state index in [1.807, 2.05) is 12.1 Å². The van der Waals surface area contributed by atoms with Crippen molar-refractivity contribution in [1.29, 1.82) is 0 Å². The minimum atomic E-state index is 0.864. The first kappa shape index (κ1) is 32.8. The summed E-state index contributed by atoms with van der Waals surface area (Å²) in [5, 5.41) is 4.74. The van der Waals surface area contributed by atoms with Gasteiger partial charge in [0.1, 0.15) is 11.2 Å². The van der Waals surface area contributed by atoms with E-state index in [1.54, 1.807) is 0 Å². The number of nitrogens with zero attached hydrogens (tertiary/aromatic N) is 2. The zero-order chi connectivity index (χ0) is 37.7. The third-order valence-corrected chi connectivity index (χ3v) is 11.2. The lowest BCUT2D eigenvalue weighted by Crippen LogP contribution is -2.10. The lowest BCUT2D eigenvalue weighted by atomic mass is 9.93. The molecule has 11 aromatic rings. The van der Waals surface area contributed by atoms with Crippen molar-refractivity contribution in [3.8, 4) is 39.1 Å². The molecule has 9 aromatic carbocycles. The Balaban J connectivity index is 1.03. The monoisotopic (exact) mass is 728 g/mol. The lowest BCUT2D eigenvalue weighted by Gasteiger charge is -2.26. The number of fused-ring (bicyclic) bond motifs is 6. The molecule has 0 unspecified atom stereocenters. The summed E-state index contributed by atoms with van der Waals surface area (Å²) < 4.78 is 8.77. The Morgan fingerprint density at radius 2 is 0.737 bits per heavy atom.